The van der Waals surface area contributed by atoms with Crippen molar-refractivity contribution in [3.63, 3.8) is 0 Å². The van der Waals surface area contributed by atoms with Crippen LogP contribution in [0.25, 0.3) is 16.7 Å². The van der Waals surface area contributed by atoms with E-state index in [0.717, 1.165) is 47.7 Å². The first kappa shape index (κ1) is 20.4. The van der Waals surface area contributed by atoms with Gasteiger partial charge in [-0.05, 0) is 49.6 Å². The van der Waals surface area contributed by atoms with Gasteiger partial charge < -0.3 is 19.7 Å². The summed E-state index contributed by atoms with van der Waals surface area (Å²) in [5, 5.41) is 12.3. The lowest BCUT2D eigenvalue weighted by Gasteiger charge is -2.30. The molecule has 1 saturated heterocycles. The van der Waals surface area contributed by atoms with E-state index < -0.39 is 17.7 Å². The minimum Gasteiger partial charge on any atom is -0.507 e. The van der Waals surface area contributed by atoms with Gasteiger partial charge in [0.25, 0.3) is 11.7 Å². The molecule has 3 aromatic rings. The summed E-state index contributed by atoms with van der Waals surface area (Å²) in [5.41, 5.74) is 3.25. The molecule has 0 bridgehead atoms. The van der Waals surface area contributed by atoms with E-state index in [2.05, 4.69) is 4.98 Å². The molecule has 6 nitrogen and oxygen atoms in total. The Hall–Kier alpha value is -3.54. The second-order valence-corrected chi connectivity index (χ2v) is 8.62. The van der Waals surface area contributed by atoms with E-state index in [4.69, 9.17) is 4.74 Å². The van der Waals surface area contributed by atoms with Gasteiger partial charge in [0.15, 0.2) is 0 Å². The topological polar surface area (TPSA) is 82.6 Å². The number of carbonyl (C=O) groups is 2. The number of ketones is 1. The SMILES string of the molecule is COc1ccc(/C(O)=C2\C(=O)C(=O)N(C3CCCC3)C2c2c[nH]c3ccccc23)cc1C. The quantitative estimate of drug-likeness (QED) is 0.352. The van der Waals surface area contributed by atoms with Gasteiger partial charge in [0.05, 0.1) is 18.7 Å². The summed E-state index contributed by atoms with van der Waals surface area (Å²) in [6, 6.07) is 12.5. The van der Waals surface area contributed by atoms with Gasteiger partial charge in [-0.3, -0.25) is 9.59 Å². The Bertz CT molecular complexity index is 1250. The Labute approximate surface area is 186 Å². The predicted octanol–water partition coefficient (Wildman–Crippen LogP) is 4.85. The molecule has 164 valence electrons. The van der Waals surface area contributed by atoms with Crippen LogP contribution in [0.2, 0.25) is 0 Å². The Morgan fingerprint density at radius 1 is 1.12 bits per heavy atom. The number of likely N-dealkylation sites (tertiary alicyclic amines) is 1. The Morgan fingerprint density at radius 2 is 1.88 bits per heavy atom. The summed E-state index contributed by atoms with van der Waals surface area (Å²) in [6.45, 7) is 1.88. The molecular weight excluding hydrogens is 404 g/mol. The number of benzene rings is 2. The number of para-hydroxylation sites is 1. The highest BCUT2D eigenvalue weighted by molar-refractivity contribution is 6.46. The van der Waals surface area contributed by atoms with E-state index in [1.807, 2.05) is 37.4 Å². The average Bonchev–Trinajstić information content (AvgIpc) is 3.52. The molecule has 5 rings (SSSR count). The van der Waals surface area contributed by atoms with Gasteiger partial charge in [-0.1, -0.05) is 31.0 Å². The number of aliphatic hydroxyl groups is 1. The van der Waals surface area contributed by atoms with Crippen molar-refractivity contribution in [1.82, 2.24) is 9.88 Å². The van der Waals surface area contributed by atoms with Crippen LogP contribution < -0.4 is 4.74 Å². The third-order valence-electron chi connectivity index (χ3n) is 6.78. The van der Waals surface area contributed by atoms with Crippen LogP contribution in [0.15, 0.2) is 54.2 Å². The number of rotatable bonds is 4. The van der Waals surface area contributed by atoms with Crippen molar-refractivity contribution in [2.24, 2.45) is 0 Å². The van der Waals surface area contributed by atoms with E-state index in [-0.39, 0.29) is 17.4 Å². The molecule has 32 heavy (non-hydrogen) atoms. The van der Waals surface area contributed by atoms with E-state index in [1.54, 1.807) is 30.2 Å². The maximum absolute atomic E-state index is 13.3. The minimum absolute atomic E-state index is 0.00647. The number of hydrogen-bond acceptors (Lipinski definition) is 4. The third kappa shape index (κ3) is 3.09. The first-order chi connectivity index (χ1) is 15.5. The number of aryl methyl sites for hydroxylation is 1. The largest absolute Gasteiger partial charge is 0.507 e. The summed E-state index contributed by atoms with van der Waals surface area (Å²) < 4.78 is 5.33. The molecule has 0 spiro atoms. The van der Waals surface area contributed by atoms with Crippen molar-refractivity contribution in [1.29, 1.82) is 0 Å². The molecule has 2 aromatic carbocycles. The monoisotopic (exact) mass is 430 g/mol. The van der Waals surface area contributed by atoms with Crippen LogP contribution in [-0.2, 0) is 9.59 Å². The molecule has 6 heteroatoms. The van der Waals surface area contributed by atoms with Gasteiger partial charge in [-0.25, -0.2) is 0 Å². The molecule has 1 aliphatic heterocycles. The fourth-order valence-electron chi connectivity index (χ4n) is 5.22. The van der Waals surface area contributed by atoms with Crippen molar-refractivity contribution < 1.29 is 19.4 Å². The maximum Gasteiger partial charge on any atom is 0.295 e. The number of carbonyl (C=O) groups excluding carboxylic acids is 2. The average molecular weight is 431 g/mol. The normalized spacial score (nSPS) is 21.1. The molecule has 2 heterocycles. The van der Waals surface area contributed by atoms with Crippen molar-refractivity contribution in [2.45, 2.75) is 44.7 Å². The Balaban J connectivity index is 1.72. The Morgan fingerprint density at radius 3 is 2.59 bits per heavy atom. The van der Waals surface area contributed by atoms with Crippen molar-refractivity contribution in [3.05, 3.63) is 70.9 Å². The van der Waals surface area contributed by atoms with Crippen LogP contribution >= 0.6 is 0 Å². The van der Waals surface area contributed by atoms with Gasteiger partial charge in [0, 0.05) is 34.3 Å². The zero-order valence-corrected chi connectivity index (χ0v) is 18.2. The summed E-state index contributed by atoms with van der Waals surface area (Å²) >= 11 is 0. The van der Waals surface area contributed by atoms with E-state index >= 15 is 0 Å². The van der Waals surface area contributed by atoms with Crippen LogP contribution in [0.3, 0.4) is 0 Å². The molecule has 1 aromatic heterocycles. The molecule has 1 amide bonds. The van der Waals surface area contributed by atoms with Crippen molar-refractivity contribution in [2.75, 3.05) is 7.11 Å². The zero-order valence-electron chi connectivity index (χ0n) is 18.2. The summed E-state index contributed by atoms with van der Waals surface area (Å²) in [6.07, 6.45) is 5.66. The molecule has 2 fully saturated rings. The first-order valence-electron chi connectivity index (χ1n) is 11.0. The van der Waals surface area contributed by atoms with Gasteiger partial charge in [-0.15, -0.1) is 0 Å². The second kappa shape index (κ2) is 7.86. The van der Waals surface area contributed by atoms with Crippen LogP contribution in [0.4, 0.5) is 0 Å². The fraction of sp³-hybridized carbons (Fsp3) is 0.308. The minimum atomic E-state index is -0.628. The lowest BCUT2D eigenvalue weighted by atomic mass is 9.94. The van der Waals surface area contributed by atoms with Gasteiger partial charge >= 0.3 is 0 Å². The van der Waals surface area contributed by atoms with Crippen molar-refractivity contribution in [3.8, 4) is 5.75 Å². The van der Waals surface area contributed by atoms with Crippen LogP contribution in [0, 0.1) is 6.92 Å². The number of hydrogen-bond donors (Lipinski definition) is 2. The summed E-state index contributed by atoms with van der Waals surface area (Å²) in [7, 11) is 1.59. The zero-order chi connectivity index (χ0) is 22.4. The van der Waals surface area contributed by atoms with Crippen LogP contribution in [-0.4, -0.2) is 39.8 Å². The number of aromatic amines is 1. The molecule has 2 aliphatic rings. The summed E-state index contributed by atoms with van der Waals surface area (Å²) in [4.78, 5) is 31.5. The highest BCUT2D eigenvalue weighted by atomic mass is 16.5. The summed E-state index contributed by atoms with van der Waals surface area (Å²) in [5.74, 6) is -0.608. The Kier molecular flexibility index (Phi) is 5.00. The molecule has 2 N–H and O–H groups in total. The lowest BCUT2D eigenvalue weighted by Crippen LogP contribution is -2.37. The van der Waals surface area contributed by atoms with Gasteiger partial charge in [0.1, 0.15) is 11.5 Å². The molecule has 1 unspecified atom stereocenters. The maximum atomic E-state index is 13.3. The van der Waals surface area contributed by atoms with E-state index in [0.29, 0.717) is 11.3 Å². The number of H-pyrrole nitrogens is 1. The standard InChI is InChI=1S/C26H26N2O4/c1-15-13-16(11-12-21(15)32-2)24(29)22-23(19-14-27-20-10-6-5-9-18(19)20)28(26(31)25(22)30)17-7-3-4-8-17/h5-6,9-14,17,23,27,29H,3-4,7-8H2,1-2H3/b24-22+. The number of methoxy groups -OCH3 is 1. The molecule has 1 aliphatic carbocycles. The smallest absolute Gasteiger partial charge is 0.295 e. The second-order valence-electron chi connectivity index (χ2n) is 8.62. The first-order valence-corrected chi connectivity index (χ1v) is 11.0. The molecular formula is C26H26N2O4. The van der Waals surface area contributed by atoms with Crippen molar-refractivity contribution >= 4 is 28.4 Å². The number of aliphatic hydroxyl groups excluding tert-OH is 1. The third-order valence-corrected chi connectivity index (χ3v) is 6.78. The number of fused-ring (bicyclic) bond motifs is 1. The highest BCUT2D eigenvalue weighted by Crippen LogP contribution is 2.45. The molecule has 1 saturated carbocycles. The van der Waals surface area contributed by atoms with E-state index in [1.165, 1.54) is 0 Å². The van der Waals surface area contributed by atoms with Crippen LogP contribution in [0.1, 0.15) is 48.4 Å². The van der Waals surface area contributed by atoms with Crippen LogP contribution in [0.5, 0.6) is 5.75 Å². The number of aromatic nitrogens is 1. The number of ether oxygens (including phenoxy) is 1. The number of nitrogens with one attached hydrogen (secondary N) is 1. The number of amides is 1. The lowest BCUT2D eigenvalue weighted by molar-refractivity contribution is -0.141. The molecule has 1 atom stereocenters. The van der Waals surface area contributed by atoms with Gasteiger partial charge in [0.2, 0.25) is 0 Å². The number of Topliss-reactive ketones (excluding diaryl/α,β-unsaturated/α-hetero) is 1. The highest BCUT2D eigenvalue weighted by Gasteiger charge is 2.49. The van der Waals surface area contributed by atoms with E-state index in [9.17, 15) is 14.7 Å². The predicted molar refractivity (Wildman–Crippen MR) is 122 cm³/mol. The fourth-order valence-corrected chi connectivity index (χ4v) is 5.22. The van der Waals surface area contributed by atoms with Gasteiger partial charge in [-0.2, -0.15) is 0 Å². The number of nitrogens with zero attached hydrogens (tertiary/aromatic N) is 1. The molecule has 0 radical (unpaired) electrons.